The predicted molar refractivity (Wildman–Crippen MR) is 77.0 cm³/mol. The van der Waals surface area contributed by atoms with E-state index in [0.29, 0.717) is 11.7 Å². The van der Waals surface area contributed by atoms with E-state index < -0.39 is 5.60 Å². The number of rotatable bonds is 3. The van der Waals surface area contributed by atoms with Gasteiger partial charge in [0.1, 0.15) is 5.78 Å². The zero-order valence-electron chi connectivity index (χ0n) is 12.7. The molecule has 1 saturated heterocycles. The number of Topliss-reactive ketones (excluding diaryl/α,β-unsaturated/α-hetero) is 1. The number of piperidine rings is 1. The summed E-state index contributed by atoms with van der Waals surface area (Å²) in [6.07, 6.45) is 4.60. The molecule has 1 saturated carbocycles. The van der Waals surface area contributed by atoms with Gasteiger partial charge >= 0.3 is 0 Å². The van der Waals surface area contributed by atoms with E-state index in [1.165, 1.54) is 0 Å². The van der Waals surface area contributed by atoms with Crippen LogP contribution in [0, 0.1) is 17.8 Å². The highest BCUT2D eigenvalue weighted by Crippen LogP contribution is 2.33. The van der Waals surface area contributed by atoms with Crippen LogP contribution >= 0.6 is 0 Å². The van der Waals surface area contributed by atoms with Gasteiger partial charge in [-0.3, -0.25) is 4.79 Å². The minimum Gasteiger partial charge on any atom is -0.390 e. The van der Waals surface area contributed by atoms with Crippen LogP contribution in [0.2, 0.25) is 0 Å². The van der Waals surface area contributed by atoms with Crippen LogP contribution in [0.3, 0.4) is 0 Å². The second-order valence-electron chi connectivity index (χ2n) is 7.24. The van der Waals surface area contributed by atoms with Crippen molar-refractivity contribution in [3.8, 4) is 0 Å². The maximum Gasteiger partial charge on any atom is 0.137 e. The first-order valence-electron chi connectivity index (χ1n) is 7.85. The maximum atomic E-state index is 12.1. The second-order valence-corrected chi connectivity index (χ2v) is 7.24. The van der Waals surface area contributed by atoms with Gasteiger partial charge in [0.25, 0.3) is 0 Å². The fraction of sp³-hybridized carbons (Fsp3) is 0.938. The summed E-state index contributed by atoms with van der Waals surface area (Å²) in [6.45, 7) is 9.25. The summed E-state index contributed by atoms with van der Waals surface area (Å²) in [7, 11) is 0. The Kier molecular flexibility index (Phi) is 4.67. The summed E-state index contributed by atoms with van der Waals surface area (Å²) in [4.78, 5) is 14.5. The quantitative estimate of drug-likeness (QED) is 0.854. The zero-order chi connectivity index (χ0) is 14.0. The lowest BCUT2D eigenvalue weighted by molar-refractivity contribution is -0.127. The summed E-state index contributed by atoms with van der Waals surface area (Å²) in [6, 6.07) is 0. The van der Waals surface area contributed by atoms with Crippen molar-refractivity contribution < 1.29 is 9.90 Å². The molecule has 110 valence electrons. The fourth-order valence-corrected chi connectivity index (χ4v) is 3.46. The molecule has 3 nitrogen and oxygen atoms in total. The Morgan fingerprint density at radius 3 is 2.58 bits per heavy atom. The van der Waals surface area contributed by atoms with Gasteiger partial charge in [-0.1, -0.05) is 13.8 Å². The first-order chi connectivity index (χ1) is 8.87. The van der Waals surface area contributed by atoms with E-state index >= 15 is 0 Å². The highest BCUT2D eigenvalue weighted by molar-refractivity contribution is 5.82. The van der Waals surface area contributed by atoms with Gasteiger partial charge < -0.3 is 10.0 Å². The number of likely N-dealkylation sites (tertiary alicyclic amines) is 1. The molecule has 0 amide bonds. The van der Waals surface area contributed by atoms with Gasteiger partial charge in [-0.15, -0.1) is 0 Å². The van der Waals surface area contributed by atoms with E-state index in [-0.39, 0.29) is 5.92 Å². The molecule has 2 atom stereocenters. The highest BCUT2D eigenvalue weighted by Gasteiger charge is 2.33. The number of nitrogens with zero attached hydrogens (tertiary/aromatic N) is 1. The molecule has 3 heteroatoms. The third-order valence-electron chi connectivity index (χ3n) is 5.16. The second kappa shape index (κ2) is 5.92. The van der Waals surface area contributed by atoms with Crippen molar-refractivity contribution in [3.05, 3.63) is 0 Å². The normalized spacial score (nSPS) is 32.8. The van der Waals surface area contributed by atoms with Gasteiger partial charge in [-0.05, 0) is 44.4 Å². The van der Waals surface area contributed by atoms with Crippen molar-refractivity contribution in [3.63, 3.8) is 0 Å². The molecule has 1 aliphatic heterocycles. The van der Waals surface area contributed by atoms with Crippen LogP contribution in [0.15, 0.2) is 0 Å². The molecule has 0 radical (unpaired) electrons. The van der Waals surface area contributed by atoms with Crippen LogP contribution < -0.4 is 0 Å². The molecule has 0 spiro atoms. The van der Waals surface area contributed by atoms with Crippen LogP contribution in [-0.2, 0) is 4.79 Å². The molecular weight excluding hydrogens is 238 g/mol. The van der Waals surface area contributed by atoms with Gasteiger partial charge in [0, 0.05) is 32.0 Å². The lowest BCUT2D eigenvalue weighted by atomic mass is 9.75. The number of ketones is 1. The maximum absolute atomic E-state index is 12.1. The van der Waals surface area contributed by atoms with Crippen LogP contribution in [-0.4, -0.2) is 41.0 Å². The highest BCUT2D eigenvalue weighted by atomic mass is 16.3. The van der Waals surface area contributed by atoms with E-state index in [0.717, 1.165) is 57.7 Å². The molecule has 2 aliphatic rings. The van der Waals surface area contributed by atoms with Gasteiger partial charge in [0.15, 0.2) is 0 Å². The number of hydrogen-bond acceptors (Lipinski definition) is 3. The molecule has 2 rings (SSSR count). The smallest absolute Gasteiger partial charge is 0.137 e. The molecule has 2 fully saturated rings. The number of carbonyl (C=O) groups is 1. The Morgan fingerprint density at radius 1 is 1.37 bits per heavy atom. The van der Waals surface area contributed by atoms with Crippen LogP contribution in [0.25, 0.3) is 0 Å². The summed E-state index contributed by atoms with van der Waals surface area (Å²) < 4.78 is 0. The minimum absolute atomic E-state index is 0.240. The van der Waals surface area contributed by atoms with Crippen molar-refractivity contribution in [2.45, 2.75) is 58.5 Å². The van der Waals surface area contributed by atoms with E-state index in [2.05, 4.69) is 18.7 Å². The predicted octanol–water partition coefficient (Wildman–Crippen LogP) is 2.47. The van der Waals surface area contributed by atoms with Crippen LogP contribution in [0.5, 0.6) is 0 Å². The van der Waals surface area contributed by atoms with Gasteiger partial charge in [0.2, 0.25) is 0 Å². The van der Waals surface area contributed by atoms with Gasteiger partial charge in [0.05, 0.1) is 5.60 Å². The van der Waals surface area contributed by atoms with Crippen molar-refractivity contribution >= 4 is 5.78 Å². The Bertz CT molecular complexity index is 315. The SMILES string of the molecule is CC(C)C1CCC(=O)C(CN2CCC(C)(O)CC2)C1. The third kappa shape index (κ3) is 4.03. The fourth-order valence-electron chi connectivity index (χ4n) is 3.46. The molecule has 0 aromatic heterocycles. The Labute approximate surface area is 117 Å². The Morgan fingerprint density at radius 2 is 2.00 bits per heavy atom. The van der Waals surface area contributed by atoms with E-state index in [9.17, 15) is 9.90 Å². The van der Waals surface area contributed by atoms with E-state index in [4.69, 9.17) is 0 Å². The van der Waals surface area contributed by atoms with Crippen molar-refractivity contribution in [1.29, 1.82) is 0 Å². The molecule has 1 aliphatic carbocycles. The van der Waals surface area contributed by atoms with Crippen molar-refractivity contribution in [2.24, 2.45) is 17.8 Å². The van der Waals surface area contributed by atoms with E-state index in [1.54, 1.807) is 0 Å². The summed E-state index contributed by atoms with van der Waals surface area (Å²) in [5, 5.41) is 9.97. The first kappa shape index (κ1) is 15.0. The Balaban J connectivity index is 1.85. The molecular formula is C16H29NO2. The van der Waals surface area contributed by atoms with Crippen LogP contribution in [0.1, 0.15) is 52.9 Å². The molecule has 19 heavy (non-hydrogen) atoms. The number of aliphatic hydroxyl groups is 1. The molecule has 0 aromatic carbocycles. The molecule has 1 N–H and O–H groups in total. The van der Waals surface area contributed by atoms with Gasteiger partial charge in [-0.25, -0.2) is 0 Å². The summed E-state index contributed by atoms with van der Waals surface area (Å²) in [5.41, 5.74) is -0.493. The third-order valence-corrected chi connectivity index (χ3v) is 5.16. The molecule has 0 aromatic rings. The average molecular weight is 267 g/mol. The average Bonchev–Trinajstić information content (AvgIpc) is 2.34. The van der Waals surface area contributed by atoms with Crippen molar-refractivity contribution in [2.75, 3.05) is 19.6 Å². The molecule has 1 heterocycles. The van der Waals surface area contributed by atoms with Crippen molar-refractivity contribution in [1.82, 2.24) is 4.90 Å². The number of carbonyl (C=O) groups excluding carboxylic acids is 1. The topological polar surface area (TPSA) is 40.5 Å². The van der Waals surface area contributed by atoms with Crippen LogP contribution in [0.4, 0.5) is 0 Å². The molecule has 0 bridgehead atoms. The Hall–Kier alpha value is -0.410. The molecule has 2 unspecified atom stereocenters. The number of hydrogen-bond donors (Lipinski definition) is 1. The lowest BCUT2D eigenvalue weighted by Crippen LogP contribution is -2.46. The summed E-state index contributed by atoms with van der Waals surface area (Å²) in [5.74, 6) is 2.12. The largest absolute Gasteiger partial charge is 0.390 e. The zero-order valence-corrected chi connectivity index (χ0v) is 12.7. The minimum atomic E-state index is -0.493. The summed E-state index contributed by atoms with van der Waals surface area (Å²) >= 11 is 0. The van der Waals surface area contributed by atoms with Gasteiger partial charge in [-0.2, -0.15) is 0 Å². The lowest BCUT2D eigenvalue weighted by Gasteiger charge is -2.39. The monoisotopic (exact) mass is 267 g/mol. The standard InChI is InChI=1S/C16H29NO2/c1-12(2)13-4-5-15(18)14(10-13)11-17-8-6-16(3,19)7-9-17/h12-14,19H,4-11H2,1-3H3. The van der Waals surface area contributed by atoms with E-state index in [1.807, 2.05) is 6.92 Å². The first-order valence-corrected chi connectivity index (χ1v) is 7.85.